The zero-order chi connectivity index (χ0) is 25.5. The fourth-order valence-electron chi connectivity index (χ4n) is 8.38. The normalized spacial score (nSPS) is 47.2. The Bertz CT molecular complexity index is 860. The number of aliphatic hydroxyl groups is 6. The Morgan fingerprint density at radius 3 is 2.29 bits per heavy atom. The van der Waals surface area contributed by atoms with Gasteiger partial charge in [-0.2, -0.15) is 0 Å². The third-order valence-corrected chi connectivity index (χ3v) is 10.6. The average Bonchev–Trinajstić information content (AvgIpc) is 3.02. The maximum atomic E-state index is 13.2. The molecule has 3 saturated carbocycles. The van der Waals surface area contributed by atoms with E-state index in [1.807, 2.05) is 13.8 Å². The first-order chi connectivity index (χ1) is 15.5. The van der Waals surface area contributed by atoms with Crippen molar-refractivity contribution in [3.8, 4) is 0 Å². The van der Waals surface area contributed by atoms with Gasteiger partial charge in [-0.05, 0) is 95.6 Å². The molecule has 6 N–H and O–H groups in total. The second kappa shape index (κ2) is 8.09. The Morgan fingerprint density at radius 1 is 1.03 bits per heavy atom. The van der Waals surface area contributed by atoms with Crippen molar-refractivity contribution in [1.29, 1.82) is 0 Å². The molecule has 0 aromatic heterocycles. The van der Waals surface area contributed by atoms with Gasteiger partial charge in [-0.3, -0.25) is 4.79 Å². The molecule has 0 amide bonds. The largest absolute Gasteiger partial charge is 0.390 e. The molecular formula is C27H44O7. The molecule has 0 heterocycles. The second-order valence-corrected chi connectivity index (χ2v) is 13.1. The topological polar surface area (TPSA) is 138 Å². The second-order valence-electron chi connectivity index (χ2n) is 13.1. The van der Waals surface area contributed by atoms with Crippen LogP contribution in [0.5, 0.6) is 0 Å². The molecule has 34 heavy (non-hydrogen) atoms. The molecule has 0 radical (unpaired) electrons. The molecule has 1 unspecified atom stereocenters. The number of carbonyl (C=O) groups excluding carboxylic acids is 1. The number of aliphatic hydroxyl groups excluding tert-OH is 3. The first-order valence-electron chi connectivity index (χ1n) is 13.0. The van der Waals surface area contributed by atoms with E-state index in [2.05, 4.69) is 0 Å². The highest BCUT2D eigenvalue weighted by Gasteiger charge is 2.69. The highest BCUT2D eigenvalue weighted by Crippen LogP contribution is 2.68. The molecule has 3 fully saturated rings. The molecule has 0 bridgehead atoms. The molecule has 0 aromatic carbocycles. The number of ketones is 1. The number of allylic oxidation sites excluding steroid dienone is 1. The smallest absolute Gasteiger partial charge is 0.159 e. The van der Waals surface area contributed by atoms with Crippen molar-refractivity contribution in [2.45, 2.75) is 121 Å². The van der Waals surface area contributed by atoms with Crippen molar-refractivity contribution in [1.82, 2.24) is 0 Å². The van der Waals surface area contributed by atoms with Gasteiger partial charge >= 0.3 is 0 Å². The molecule has 194 valence electrons. The minimum absolute atomic E-state index is 0.0993. The van der Waals surface area contributed by atoms with Crippen LogP contribution in [0.4, 0.5) is 0 Å². The summed E-state index contributed by atoms with van der Waals surface area (Å²) in [5, 5.41) is 66.3. The van der Waals surface area contributed by atoms with Crippen LogP contribution in [0.2, 0.25) is 0 Å². The molecule has 7 nitrogen and oxygen atoms in total. The molecule has 0 aromatic rings. The summed E-state index contributed by atoms with van der Waals surface area (Å²) in [5.74, 6) is -1.12. The van der Waals surface area contributed by atoms with E-state index in [1.54, 1.807) is 26.8 Å². The Kier molecular flexibility index (Phi) is 6.24. The monoisotopic (exact) mass is 480 g/mol. The van der Waals surface area contributed by atoms with Crippen LogP contribution in [0.1, 0.15) is 86.0 Å². The average molecular weight is 481 g/mol. The lowest BCUT2D eigenvalue weighted by molar-refractivity contribution is -0.188. The van der Waals surface area contributed by atoms with Crippen molar-refractivity contribution >= 4 is 5.78 Å². The summed E-state index contributed by atoms with van der Waals surface area (Å²) in [4.78, 5) is 13.2. The summed E-state index contributed by atoms with van der Waals surface area (Å²) in [6.07, 6.45) is 2.12. The van der Waals surface area contributed by atoms with E-state index < -0.39 is 51.9 Å². The SMILES string of the molecule is CC(C)(O)CC[C@@H](O)[C@](C)(O)[C@H]1CC[C@@]2(O)C3=CC(=O)[C@@H]4CC[C@@H](O)C(O)[C@]4(C)[C@H]3CC[C@]12C. The summed E-state index contributed by atoms with van der Waals surface area (Å²) in [6, 6.07) is 0. The minimum Gasteiger partial charge on any atom is -0.390 e. The van der Waals surface area contributed by atoms with Crippen molar-refractivity contribution in [2.24, 2.45) is 28.6 Å². The minimum atomic E-state index is -1.48. The molecule has 4 aliphatic carbocycles. The summed E-state index contributed by atoms with van der Waals surface area (Å²) >= 11 is 0. The molecule has 10 atom stereocenters. The first kappa shape index (κ1) is 26.2. The number of carbonyl (C=O) groups is 1. The van der Waals surface area contributed by atoms with Gasteiger partial charge in [0.2, 0.25) is 0 Å². The lowest BCUT2D eigenvalue weighted by Crippen LogP contribution is -2.65. The number of hydrogen-bond acceptors (Lipinski definition) is 7. The van der Waals surface area contributed by atoms with Gasteiger partial charge in [0.05, 0.1) is 35.1 Å². The van der Waals surface area contributed by atoms with Crippen molar-refractivity contribution in [2.75, 3.05) is 0 Å². The Morgan fingerprint density at radius 2 is 1.68 bits per heavy atom. The fraction of sp³-hybridized carbons (Fsp3) is 0.889. The lowest BCUT2D eigenvalue weighted by atomic mass is 9.45. The van der Waals surface area contributed by atoms with Gasteiger partial charge in [0.25, 0.3) is 0 Å². The van der Waals surface area contributed by atoms with Crippen LogP contribution in [0.15, 0.2) is 11.6 Å². The molecule has 0 spiro atoms. The van der Waals surface area contributed by atoms with E-state index in [4.69, 9.17) is 0 Å². The van der Waals surface area contributed by atoms with Crippen LogP contribution in [0, 0.1) is 28.6 Å². The fourth-order valence-corrected chi connectivity index (χ4v) is 8.38. The molecule has 4 rings (SSSR count). The van der Waals surface area contributed by atoms with Crippen LogP contribution < -0.4 is 0 Å². The van der Waals surface area contributed by atoms with Gasteiger partial charge in [0.15, 0.2) is 5.78 Å². The van der Waals surface area contributed by atoms with Crippen LogP contribution in [0.25, 0.3) is 0 Å². The van der Waals surface area contributed by atoms with Crippen molar-refractivity contribution in [3.63, 3.8) is 0 Å². The zero-order valence-electron chi connectivity index (χ0n) is 21.3. The van der Waals surface area contributed by atoms with Gasteiger partial charge in [0.1, 0.15) is 0 Å². The van der Waals surface area contributed by atoms with Gasteiger partial charge in [-0.25, -0.2) is 0 Å². The third-order valence-electron chi connectivity index (χ3n) is 10.6. The number of hydrogen-bond donors (Lipinski definition) is 6. The molecule has 0 saturated heterocycles. The molecule has 4 aliphatic rings. The van der Waals surface area contributed by atoms with Gasteiger partial charge in [0, 0.05) is 16.7 Å². The van der Waals surface area contributed by atoms with E-state index >= 15 is 0 Å². The maximum Gasteiger partial charge on any atom is 0.159 e. The Balaban J connectivity index is 1.68. The zero-order valence-corrected chi connectivity index (χ0v) is 21.3. The molecular weight excluding hydrogens is 436 g/mol. The van der Waals surface area contributed by atoms with Gasteiger partial charge in [-0.1, -0.05) is 13.8 Å². The quantitative estimate of drug-likeness (QED) is 0.353. The predicted octanol–water partition coefficient (Wildman–Crippen LogP) is 1.85. The molecule has 0 aliphatic heterocycles. The Labute approximate surface area is 202 Å². The van der Waals surface area contributed by atoms with E-state index in [9.17, 15) is 35.4 Å². The molecule has 7 heteroatoms. The van der Waals surface area contributed by atoms with E-state index in [-0.39, 0.29) is 24.0 Å². The van der Waals surface area contributed by atoms with Crippen LogP contribution in [-0.2, 0) is 4.79 Å². The number of rotatable bonds is 5. The van der Waals surface area contributed by atoms with Crippen LogP contribution >= 0.6 is 0 Å². The third kappa shape index (κ3) is 3.57. The maximum absolute atomic E-state index is 13.2. The van der Waals surface area contributed by atoms with E-state index in [1.165, 1.54) is 0 Å². The summed E-state index contributed by atoms with van der Waals surface area (Å²) < 4.78 is 0. The van der Waals surface area contributed by atoms with Crippen molar-refractivity contribution in [3.05, 3.63) is 11.6 Å². The first-order valence-corrected chi connectivity index (χ1v) is 13.0. The summed E-state index contributed by atoms with van der Waals surface area (Å²) in [6.45, 7) is 8.79. The number of fused-ring (bicyclic) bond motifs is 5. The van der Waals surface area contributed by atoms with E-state index in [0.29, 0.717) is 50.5 Å². The van der Waals surface area contributed by atoms with Crippen molar-refractivity contribution < 1.29 is 35.4 Å². The Hall–Kier alpha value is -0.830. The highest BCUT2D eigenvalue weighted by molar-refractivity contribution is 5.95. The van der Waals surface area contributed by atoms with Crippen LogP contribution in [-0.4, -0.2) is 71.5 Å². The van der Waals surface area contributed by atoms with Gasteiger partial charge in [-0.15, -0.1) is 0 Å². The highest BCUT2D eigenvalue weighted by atomic mass is 16.3. The summed E-state index contributed by atoms with van der Waals surface area (Å²) in [5.41, 5.74) is -4.77. The lowest BCUT2D eigenvalue weighted by Gasteiger charge is -2.61. The van der Waals surface area contributed by atoms with E-state index in [0.717, 1.165) is 0 Å². The summed E-state index contributed by atoms with van der Waals surface area (Å²) in [7, 11) is 0. The van der Waals surface area contributed by atoms with Gasteiger partial charge < -0.3 is 30.6 Å². The predicted molar refractivity (Wildman–Crippen MR) is 127 cm³/mol. The van der Waals surface area contributed by atoms with Crippen LogP contribution in [0.3, 0.4) is 0 Å². The standard InChI is InChI=1S/C27H44O7/c1-23(2,32)11-10-21(30)26(5,33)20-9-13-27(34)17-14-19(29)16-6-7-18(28)22(31)25(16,4)15(17)8-12-24(20,27)3/h14-16,18,20-22,28,30-34H,6-13H2,1-5H3/t15-,16-,18+,20-,21+,22?,24+,25+,26+,27+/m0/s1.